The van der Waals surface area contributed by atoms with E-state index in [4.69, 9.17) is 11.6 Å². The Morgan fingerprint density at radius 1 is 0.931 bits per heavy atom. The Bertz CT molecular complexity index is 1110. The smallest absolute Gasteiger partial charge is 0.0484 e. The van der Waals surface area contributed by atoms with E-state index in [1.165, 1.54) is 46.2 Å². The summed E-state index contributed by atoms with van der Waals surface area (Å²) in [5.41, 5.74) is 9.19. The lowest BCUT2D eigenvalue weighted by Crippen LogP contribution is -2.40. The molecule has 0 heterocycles. The largest absolute Gasteiger partial charge is 0.0986 e. The SMILES string of the molecule is C=C1CC(CC)CC(C)C12c1ccccc1-c1cc(-c3ccccc3Cl)ccc12. The maximum atomic E-state index is 6.52. The third-order valence-electron chi connectivity index (χ3n) is 7.37. The second kappa shape index (κ2) is 6.89. The highest BCUT2D eigenvalue weighted by Crippen LogP contribution is 2.61. The Morgan fingerprint density at radius 3 is 2.34 bits per heavy atom. The monoisotopic (exact) mass is 398 g/mol. The molecule has 0 amide bonds. The molecule has 2 aliphatic carbocycles. The molecule has 1 fully saturated rings. The van der Waals surface area contributed by atoms with Crippen LogP contribution in [0.25, 0.3) is 22.3 Å². The minimum Gasteiger partial charge on any atom is -0.0986 e. The average Bonchev–Trinajstić information content (AvgIpc) is 3.03. The summed E-state index contributed by atoms with van der Waals surface area (Å²) >= 11 is 6.52. The summed E-state index contributed by atoms with van der Waals surface area (Å²) in [5, 5.41) is 0.801. The highest BCUT2D eigenvalue weighted by atomic mass is 35.5. The fraction of sp³-hybridized carbons (Fsp3) is 0.286. The number of rotatable bonds is 2. The standard InChI is InChI=1S/C28H27Cl/c1-4-20-15-18(2)28(19(3)16-20)25-11-7-5-10-23(25)24-17-21(13-14-26(24)28)22-9-6-8-12-27(22)29/h5-14,17,19-20H,2,4,15-16H2,1,3H3. The Hall–Kier alpha value is -2.31. The second-order valence-corrected chi connectivity index (χ2v) is 9.22. The van der Waals surface area contributed by atoms with Gasteiger partial charge in [-0.2, -0.15) is 0 Å². The summed E-state index contributed by atoms with van der Waals surface area (Å²) in [6.07, 6.45) is 3.62. The number of hydrogen-bond donors (Lipinski definition) is 0. The molecule has 0 radical (unpaired) electrons. The van der Waals surface area contributed by atoms with Crippen LogP contribution < -0.4 is 0 Å². The first kappa shape index (κ1) is 18.7. The van der Waals surface area contributed by atoms with E-state index in [1.54, 1.807) is 0 Å². The lowest BCUT2D eigenvalue weighted by molar-refractivity contribution is 0.248. The zero-order valence-corrected chi connectivity index (χ0v) is 18.0. The van der Waals surface area contributed by atoms with E-state index in [0.29, 0.717) is 5.92 Å². The van der Waals surface area contributed by atoms with Crippen LogP contribution in [0.15, 0.2) is 78.9 Å². The summed E-state index contributed by atoms with van der Waals surface area (Å²) in [7, 11) is 0. The van der Waals surface area contributed by atoms with Gasteiger partial charge in [0.05, 0.1) is 0 Å². The van der Waals surface area contributed by atoms with E-state index >= 15 is 0 Å². The van der Waals surface area contributed by atoms with Gasteiger partial charge in [-0.3, -0.25) is 0 Å². The van der Waals surface area contributed by atoms with E-state index in [0.717, 1.165) is 22.9 Å². The van der Waals surface area contributed by atoms with Gasteiger partial charge in [-0.15, -0.1) is 0 Å². The normalized spacial score (nSPS) is 25.1. The van der Waals surface area contributed by atoms with Crippen molar-refractivity contribution < 1.29 is 0 Å². The predicted octanol–water partition coefficient (Wildman–Crippen LogP) is 8.29. The zero-order chi connectivity index (χ0) is 20.2. The van der Waals surface area contributed by atoms with E-state index in [2.05, 4.69) is 75.0 Å². The van der Waals surface area contributed by atoms with Crippen molar-refractivity contribution in [2.24, 2.45) is 11.8 Å². The third-order valence-corrected chi connectivity index (χ3v) is 7.70. The molecule has 146 valence electrons. The van der Waals surface area contributed by atoms with Gasteiger partial charge in [0.25, 0.3) is 0 Å². The van der Waals surface area contributed by atoms with Crippen molar-refractivity contribution in [1.82, 2.24) is 0 Å². The molecule has 29 heavy (non-hydrogen) atoms. The van der Waals surface area contributed by atoms with Gasteiger partial charge in [-0.1, -0.05) is 98.6 Å². The highest BCUT2D eigenvalue weighted by molar-refractivity contribution is 6.33. The number of halogens is 1. The highest BCUT2D eigenvalue weighted by Gasteiger charge is 2.51. The summed E-state index contributed by atoms with van der Waals surface area (Å²) in [6.45, 7) is 9.42. The molecule has 1 spiro atoms. The van der Waals surface area contributed by atoms with E-state index in [1.807, 2.05) is 12.1 Å². The molecule has 0 aromatic heterocycles. The Kier molecular flexibility index (Phi) is 4.44. The van der Waals surface area contributed by atoms with E-state index in [9.17, 15) is 0 Å². The van der Waals surface area contributed by atoms with Gasteiger partial charge in [0, 0.05) is 16.0 Å². The molecule has 3 aromatic carbocycles. The van der Waals surface area contributed by atoms with Crippen molar-refractivity contribution in [3.8, 4) is 22.3 Å². The van der Waals surface area contributed by atoms with Crippen LogP contribution in [0.1, 0.15) is 44.2 Å². The number of hydrogen-bond acceptors (Lipinski definition) is 0. The minimum absolute atomic E-state index is 0.0589. The van der Waals surface area contributed by atoms with Crippen LogP contribution in [-0.2, 0) is 5.41 Å². The Morgan fingerprint density at radius 2 is 1.62 bits per heavy atom. The lowest BCUT2D eigenvalue weighted by Gasteiger charge is -2.46. The predicted molar refractivity (Wildman–Crippen MR) is 124 cm³/mol. The van der Waals surface area contributed by atoms with Gasteiger partial charge in [-0.25, -0.2) is 0 Å². The number of allylic oxidation sites excluding steroid dienone is 1. The summed E-state index contributed by atoms with van der Waals surface area (Å²) < 4.78 is 0. The first-order valence-electron chi connectivity index (χ1n) is 10.7. The summed E-state index contributed by atoms with van der Waals surface area (Å²) in [4.78, 5) is 0. The third kappa shape index (κ3) is 2.58. The van der Waals surface area contributed by atoms with E-state index in [-0.39, 0.29) is 5.41 Å². The molecular formula is C28H27Cl. The average molecular weight is 399 g/mol. The molecule has 3 aromatic rings. The van der Waals surface area contributed by atoms with Crippen LogP contribution in [0.4, 0.5) is 0 Å². The zero-order valence-electron chi connectivity index (χ0n) is 17.2. The quantitative estimate of drug-likeness (QED) is 0.381. The van der Waals surface area contributed by atoms with Crippen molar-refractivity contribution in [3.05, 3.63) is 95.0 Å². The van der Waals surface area contributed by atoms with Crippen LogP contribution in [0, 0.1) is 11.8 Å². The summed E-state index contributed by atoms with van der Waals surface area (Å²) in [5.74, 6) is 1.30. The lowest BCUT2D eigenvalue weighted by atomic mass is 9.57. The van der Waals surface area contributed by atoms with Crippen molar-refractivity contribution in [3.63, 3.8) is 0 Å². The van der Waals surface area contributed by atoms with Crippen LogP contribution >= 0.6 is 11.6 Å². The van der Waals surface area contributed by atoms with Gasteiger partial charge < -0.3 is 0 Å². The molecule has 3 unspecified atom stereocenters. The van der Waals surface area contributed by atoms with Gasteiger partial charge in [0.15, 0.2) is 0 Å². The molecule has 0 N–H and O–H groups in total. The molecule has 0 aliphatic heterocycles. The molecule has 2 aliphatic rings. The fourth-order valence-corrected chi connectivity index (χ4v) is 6.27. The molecule has 0 saturated heterocycles. The molecular weight excluding hydrogens is 372 g/mol. The van der Waals surface area contributed by atoms with Gasteiger partial charge >= 0.3 is 0 Å². The Balaban J connectivity index is 1.74. The van der Waals surface area contributed by atoms with Crippen LogP contribution in [0.3, 0.4) is 0 Å². The van der Waals surface area contributed by atoms with Crippen LogP contribution in [0.2, 0.25) is 5.02 Å². The van der Waals surface area contributed by atoms with E-state index < -0.39 is 0 Å². The first-order chi connectivity index (χ1) is 14.1. The number of benzene rings is 3. The van der Waals surface area contributed by atoms with Gasteiger partial charge in [0.2, 0.25) is 0 Å². The first-order valence-corrected chi connectivity index (χ1v) is 11.1. The van der Waals surface area contributed by atoms with Crippen molar-refractivity contribution >= 4 is 11.6 Å². The molecule has 5 rings (SSSR count). The van der Waals surface area contributed by atoms with Gasteiger partial charge in [-0.05, 0) is 64.6 Å². The van der Waals surface area contributed by atoms with Gasteiger partial charge in [0.1, 0.15) is 0 Å². The summed E-state index contributed by atoms with van der Waals surface area (Å²) in [6, 6.07) is 24.0. The second-order valence-electron chi connectivity index (χ2n) is 8.81. The molecule has 1 heteroatoms. The van der Waals surface area contributed by atoms with Crippen LogP contribution in [0.5, 0.6) is 0 Å². The molecule has 0 bridgehead atoms. The maximum absolute atomic E-state index is 6.52. The Labute approximate surface area is 179 Å². The van der Waals surface area contributed by atoms with Crippen molar-refractivity contribution in [1.29, 1.82) is 0 Å². The molecule has 3 atom stereocenters. The minimum atomic E-state index is -0.0589. The molecule has 0 nitrogen and oxygen atoms in total. The van der Waals surface area contributed by atoms with Crippen molar-refractivity contribution in [2.45, 2.75) is 38.5 Å². The van der Waals surface area contributed by atoms with Crippen molar-refractivity contribution in [2.75, 3.05) is 0 Å². The topological polar surface area (TPSA) is 0 Å². The number of fused-ring (bicyclic) bond motifs is 5. The maximum Gasteiger partial charge on any atom is 0.0484 e. The molecule has 1 saturated carbocycles. The van der Waals surface area contributed by atoms with Crippen LogP contribution in [-0.4, -0.2) is 0 Å². The fourth-order valence-electron chi connectivity index (χ4n) is 6.02.